The molecule has 0 radical (unpaired) electrons. The Kier molecular flexibility index (Phi) is 3.06. The first-order valence-corrected chi connectivity index (χ1v) is 6.63. The third-order valence-corrected chi connectivity index (χ3v) is 4.09. The number of hydrogen-bond acceptors (Lipinski definition) is 2. The molecule has 1 saturated heterocycles. The molecule has 1 fully saturated rings. The van der Waals surface area contributed by atoms with Crippen LogP contribution in [0.1, 0.15) is 24.3 Å². The largest absolute Gasteiger partial charge is 0.465 e. The van der Waals surface area contributed by atoms with Crippen LogP contribution in [0, 0.1) is 0 Å². The van der Waals surface area contributed by atoms with Crippen LogP contribution in [0.4, 0.5) is 4.79 Å². The normalized spacial score (nSPS) is 17.0. The van der Waals surface area contributed by atoms with Crippen LogP contribution in [0.25, 0.3) is 10.9 Å². The molecular weight excluding hydrogens is 266 g/mol. The molecule has 1 amide bonds. The van der Waals surface area contributed by atoms with Crippen LogP contribution in [0.5, 0.6) is 0 Å². The van der Waals surface area contributed by atoms with Gasteiger partial charge in [0.1, 0.15) is 0 Å². The molecule has 0 bridgehead atoms. The van der Waals surface area contributed by atoms with E-state index in [-0.39, 0.29) is 0 Å². The summed E-state index contributed by atoms with van der Waals surface area (Å²) in [4.78, 5) is 12.3. The Hall–Kier alpha value is -1.75. The first kappa shape index (κ1) is 12.3. The number of benzene rings is 1. The summed E-state index contributed by atoms with van der Waals surface area (Å²) in [5.74, 6) is 0.316. The maximum atomic E-state index is 10.9. The molecular formula is C13H14ClN3O2. The van der Waals surface area contributed by atoms with E-state index in [1.54, 1.807) is 6.20 Å². The van der Waals surface area contributed by atoms with Crippen molar-refractivity contribution in [3.05, 3.63) is 28.9 Å². The van der Waals surface area contributed by atoms with Crippen LogP contribution in [-0.4, -0.2) is 39.4 Å². The van der Waals surface area contributed by atoms with Crippen molar-refractivity contribution in [3.8, 4) is 0 Å². The molecule has 19 heavy (non-hydrogen) atoms. The minimum atomic E-state index is -0.839. The van der Waals surface area contributed by atoms with Crippen molar-refractivity contribution in [2.45, 2.75) is 18.8 Å². The lowest BCUT2D eigenvalue weighted by molar-refractivity contribution is 0.132. The van der Waals surface area contributed by atoms with Crippen LogP contribution < -0.4 is 0 Å². The SMILES string of the molecule is O=C(O)N1CCC(c2cc3[nH]ncc3cc2Cl)CC1. The highest BCUT2D eigenvalue weighted by atomic mass is 35.5. The van der Waals surface area contributed by atoms with E-state index in [1.165, 1.54) is 4.90 Å². The summed E-state index contributed by atoms with van der Waals surface area (Å²) in [5.41, 5.74) is 2.06. The molecule has 2 aromatic rings. The van der Waals surface area contributed by atoms with E-state index in [4.69, 9.17) is 16.7 Å². The fourth-order valence-electron chi connectivity index (χ4n) is 2.68. The predicted octanol–water partition coefficient (Wildman–Crippen LogP) is 3.07. The van der Waals surface area contributed by atoms with Gasteiger partial charge in [0.05, 0.1) is 11.7 Å². The second-order valence-electron chi connectivity index (χ2n) is 4.87. The number of nitrogens with one attached hydrogen (secondary N) is 1. The van der Waals surface area contributed by atoms with E-state index in [2.05, 4.69) is 10.2 Å². The van der Waals surface area contributed by atoms with Crippen molar-refractivity contribution >= 4 is 28.6 Å². The molecule has 3 rings (SSSR count). The fourth-order valence-corrected chi connectivity index (χ4v) is 3.00. The molecule has 2 heterocycles. The van der Waals surface area contributed by atoms with Gasteiger partial charge in [-0.15, -0.1) is 0 Å². The standard InChI is InChI=1S/C13H14ClN3O2/c14-11-5-9-7-15-16-12(9)6-10(11)8-1-3-17(4-2-8)13(18)19/h5-8H,1-4H2,(H,15,16)(H,18,19). The van der Waals surface area contributed by atoms with Crippen molar-refractivity contribution in [2.24, 2.45) is 0 Å². The van der Waals surface area contributed by atoms with E-state index in [0.717, 1.165) is 34.3 Å². The number of rotatable bonds is 1. The summed E-state index contributed by atoms with van der Waals surface area (Å²) >= 11 is 6.32. The zero-order valence-corrected chi connectivity index (χ0v) is 11.0. The van der Waals surface area contributed by atoms with Crippen LogP contribution in [-0.2, 0) is 0 Å². The van der Waals surface area contributed by atoms with Gasteiger partial charge in [0, 0.05) is 23.5 Å². The summed E-state index contributed by atoms with van der Waals surface area (Å²) in [7, 11) is 0. The van der Waals surface area contributed by atoms with Crippen molar-refractivity contribution < 1.29 is 9.90 Å². The van der Waals surface area contributed by atoms with Gasteiger partial charge < -0.3 is 10.0 Å². The molecule has 1 aromatic heterocycles. The number of likely N-dealkylation sites (tertiary alicyclic amines) is 1. The fraction of sp³-hybridized carbons (Fsp3) is 0.385. The van der Waals surface area contributed by atoms with Gasteiger partial charge in [-0.3, -0.25) is 5.10 Å². The average molecular weight is 280 g/mol. The second kappa shape index (κ2) is 4.74. The zero-order chi connectivity index (χ0) is 13.4. The number of aromatic amines is 1. The third-order valence-electron chi connectivity index (χ3n) is 3.76. The number of aromatic nitrogens is 2. The van der Waals surface area contributed by atoms with Crippen molar-refractivity contribution in [1.29, 1.82) is 0 Å². The maximum Gasteiger partial charge on any atom is 0.407 e. The quantitative estimate of drug-likeness (QED) is 0.843. The maximum absolute atomic E-state index is 10.9. The highest BCUT2D eigenvalue weighted by Gasteiger charge is 2.25. The van der Waals surface area contributed by atoms with Gasteiger partial charge in [0.15, 0.2) is 0 Å². The van der Waals surface area contributed by atoms with Crippen LogP contribution in [0.15, 0.2) is 18.3 Å². The molecule has 5 nitrogen and oxygen atoms in total. The minimum Gasteiger partial charge on any atom is -0.465 e. The van der Waals surface area contributed by atoms with Crippen LogP contribution in [0.3, 0.4) is 0 Å². The van der Waals surface area contributed by atoms with E-state index >= 15 is 0 Å². The number of carboxylic acid groups (broad SMARTS) is 1. The van der Waals surface area contributed by atoms with Gasteiger partial charge in [0.25, 0.3) is 0 Å². The Balaban J connectivity index is 1.85. The van der Waals surface area contributed by atoms with Crippen molar-refractivity contribution in [1.82, 2.24) is 15.1 Å². The molecule has 2 N–H and O–H groups in total. The topological polar surface area (TPSA) is 69.2 Å². The molecule has 0 unspecified atom stereocenters. The monoisotopic (exact) mass is 279 g/mol. The first-order valence-electron chi connectivity index (χ1n) is 6.25. The average Bonchev–Trinajstić information content (AvgIpc) is 2.85. The highest BCUT2D eigenvalue weighted by Crippen LogP contribution is 2.34. The predicted molar refractivity (Wildman–Crippen MR) is 72.7 cm³/mol. The van der Waals surface area contributed by atoms with Gasteiger partial charge in [-0.1, -0.05) is 11.6 Å². The second-order valence-corrected chi connectivity index (χ2v) is 5.28. The number of nitrogens with zero attached hydrogens (tertiary/aromatic N) is 2. The lowest BCUT2D eigenvalue weighted by Crippen LogP contribution is -2.36. The molecule has 0 spiro atoms. The van der Waals surface area contributed by atoms with Gasteiger partial charge in [0.2, 0.25) is 0 Å². The van der Waals surface area contributed by atoms with Crippen LogP contribution >= 0.6 is 11.6 Å². The molecule has 1 aliphatic heterocycles. The molecule has 1 aliphatic rings. The van der Waals surface area contributed by atoms with Gasteiger partial charge >= 0.3 is 6.09 Å². The summed E-state index contributed by atoms with van der Waals surface area (Å²) in [6, 6.07) is 3.95. The van der Waals surface area contributed by atoms with Gasteiger partial charge in [-0.25, -0.2) is 4.79 Å². The third kappa shape index (κ3) is 2.26. The van der Waals surface area contributed by atoms with E-state index < -0.39 is 6.09 Å². The summed E-state index contributed by atoms with van der Waals surface area (Å²) in [6.07, 6.45) is 2.53. The number of piperidine rings is 1. The number of amides is 1. The van der Waals surface area contributed by atoms with Gasteiger partial charge in [-0.05, 0) is 36.5 Å². The molecule has 100 valence electrons. The van der Waals surface area contributed by atoms with Gasteiger partial charge in [-0.2, -0.15) is 5.10 Å². The number of H-pyrrole nitrogens is 1. The van der Waals surface area contributed by atoms with Crippen molar-refractivity contribution in [2.75, 3.05) is 13.1 Å². The van der Waals surface area contributed by atoms with E-state index in [0.29, 0.717) is 19.0 Å². The smallest absolute Gasteiger partial charge is 0.407 e. The Morgan fingerprint density at radius 3 is 2.84 bits per heavy atom. The van der Waals surface area contributed by atoms with E-state index in [9.17, 15) is 4.79 Å². The Morgan fingerprint density at radius 2 is 2.16 bits per heavy atom. The van der Waals surface area contributed by atoms with E-state index in [1.807, 2.05) is 12.1 Å². The summed E-state index contributed by atoms with van der Waals surface area (Å²) in [6.45, 7) is 1.13. The highest BCUT2D eigenvalue weighted by molar-refractivity contribution is 6.32. The molecule has 0 aliphatic carbocycles. The Labute approximate surface area is 115 Å². The van der Waals surface area contributed by atoms with Crippen molar-refractivity contribution in [3.63, 3.8) is 0 Å². The summed E-state index contributed by atoms with van der Waals surface area (Å²) in [5, 5.41) is 17.6. The molecule has 1 aromatic carbocycles. The Morgan fingerprint density at radius 1 is 1.42 bits per heavy atom. The number of halogens is 1. The first-order chi connectivity index (χ1) is 9.15. The number of fused-ring (bicyclic) bond motifs is 1. The lowest BCUT2D eigenvalue weighted by Gasteiger charge is -2.30. The number of hydrogen-bond donors (Lipinski definition) is 2. The molecule has 0 atom stereocenters. The molecule has 0 saturated carbocycles. The zero-order valence-electron chi connectivity index (χ0n) is 10.3. The summed E-state index contributed by atoms with van der Waals surface area (Å²) < 4.78 is 0. The lowest BCUT2D eigenvalue weighted by atomic mass is 9.89. The Bertz CT molecular complexity index is 617. The molecule has 6 heteroatoms. The van der Waals surface area contributed by atoms with Crippen LogP contribution in [0.2, 0.25) is 5.02 Å². The minimum absolute atomic E-state index is 0.316. The number of carbonyl (C=O) groups is 1.